The maximum atomic E-state index is 14.6. The molecule has 0 radical (unpaired) electrons. The number of nitrogens with zero attached hydrogens (tertiary/aromatic N) is 1. The first-order chi connectivity index (χ1) is 12.0. The summed E-state index contributed by atoms with van der Waals surface area (Å²) in [6, 6.07) is 2.63. The van der Waals surface area contributed by atoms with Gasteiger partial charge in [-0.25, -0.2) is 22.9 Å². The fourth-order valence-corrected chi connectivity index (χ4v) is 3.85. The summed E-state index contributed by atoms with van der Waals surface area (Å²) in [6.45, 7) is 5.55. The van der Waals surface area contributed by atoms with Crippen LogP contribution >= 0.6 is 0 Å². The highest BCUT2D eigenvalue weighted by Crippen LogP contribution is 2.35. The average molecular weight is 384 g/mol. The molecule has 0 bridgehead atoms. The molecule has 0 saturated carbocycles. The zero-order valence-corrected chi connectivity index (χ0v) is 16.0. The average Bonchev–Trinajstić information content (AvgIpc) is 2.58. The number of pyridine rings is 1. The van der Waals surface area contributed by atoms with E-state index in [-0.39, 0.29) is 10.9 Å². The molecule has 2 aromatic rings. The minimum atomic E-state index is -2.15. The van der Waals surface area contributed by atoms with E-state index in [2.05, 4.69) is 9.72 Å². The van der Waals surface area contributed by atoms with Gasteiger partial charge in [-0.15, -0.1) is 0 Å². The SMILES string of the molecule is COC(=O)c1nc(-c2ccc([Si](C)(C)C)c(F)c2F)c(F)c(N)c1OC. The molecule has 0 aliphatic heterocycles. The molecule has 2 rings (SSSR count). The summed E-state index contributed by atoms with van der Waals surface area (Å²) in [6.07, 6.45) is 0. The van der Waals surface area contributed by atoms with Crippen molar-refractivity contribution in [2.45, 2.75) is 19.6 Å². The van der Waals surface area contributed by atoms with Gasteiger partial charge in [-0.05, 0) is 11.3 Å². The van der Waals surface area contributed by atoms with Crippen molar-refractivity contribution in [3.8, 4) is 17.0 Å². The van der Waals surface area contributed by atoms with Gasteiger partial charge < -0.3 is 15.2 Å². The zero-order chi connectivity index (χ0) is 19.8. The molecule has 1 aromatic heterocycles. The number of methoxy groups -OCH3 is 2. The van der Waals surface area contributed by atoms with E-state index in [1.54, 1.807) is 0 Å². The minimum Gasteiger partial charge on any atom is -0.492 e. The van der Waals surface area contributed by atoms with Crippen LogP contribution < -0.4 is 15.7 Å². The van der Waals surface area contributed by atoms with Crippen LogP contribution in [0, 0.1) is 17.5 Å². The summed E-state index contributed by atoms with van der Waals surface area (Å²) >= 11 is 0. The van der Waals surface area contributed by atoms with Crippen molar-refractivity contribution in [2.75, 3.05) is 20.0 Å². The number of ether oxygens (including phenoxy) is 2. The maximum absolute atomic E-state index is 14.6. The molecule has 0 amide bonds. The number of halogens is 3. The predicted molar refractivity (Wildman–Crippen MR) is 94.8 cm³/mol. The molecule has 0 spiro atoms. The fraction of sp³-hybridized carbons (Fsp3) is 0.294. The first-order valence-electron chi connectivity index (χ1n) is 7.64. The Bertz CT molecular complexity index is 883. The van der Waals surface area contributed by atoms with Crippen LogP contribution in [0.25, 0.3) is 11.3 Å². The van der Waals surface area contributed by atoms with Crippen molar-refractivity contribution in [3.63, 3.8) is 0 Å². The Labute approximate surface area is 150 Å². The topological polar surface area (TPSA) is 74.4 Å². The van der Waals surface area contributed by atoms with Gasteiger partial charge in [-0.1, -0.05) is 25.7 Å². The van der Waals surface area contributed by atoms with Crippen molar-refractivity contribution >= 4 is 24.9 Å². The quantitative estimate of drug-likeness (QED) is 0.648. The molecule has 0 fully saturated rings. The Morgan fingerprint density at radius 2 is 1.69 bits per heavy atom. The van der Waals surface area contributed by atoms with Crippen molar-refractivity contribution in [1.82, 2.24) is 4.98 Å². The van der Waals surface area contributed by atoms with Gasteiger partial charge in [0.2, 0.25) is 0 Å². The predicted octanol–water partition coefficient (Wildman–Crippen LogP) is 3.09. The van der Waals surface area contributed by atoms with Crippen molar-refractivity contribution in [2.24, 2.45) is 0 Å². The minimum absolute atomic E-state index is 0.258. The third-order valence-electron chi connectivity index (χ3n) is 3.86. The number of carbonyl (C=O) groups is 1. The van der Waals surface area contributed by atoms with Crippen LogP contribution in [-0.4, -0.2) is 33.2 Å². The molecule has 0 unspecified atom stereocenters. The molecule has 1 aromatic carbocycles. The molecular formula is C17H19F3N2O3Si. The number of hydrogen-bond donors (Lipinski definition) is 1. The number of benzene rings is 1. The largest absolute Gasteiger partial charge is 0.492 e. The summed E-state index contributed by atoms with van der Waals surface area (Å²) in [4.78, 5) is 15.7. The second-order valence-electron chi connectivity index (χ2n) is 6.60. The first kappa shape index (κ1) is 19.8. The van der Waals surface area contributed by atoms with Gasteiger partial charge in [0, 0.05) is 5.56 Å². The van der Waals surface area contributed by atoms with E-state index in [1.165, 1.54) is 19.2 Å². The number of esters is 1. The molecule has 1 heterocycles. The highest BCUT2D eigenvalue weighted by Gasteiger charge is 2.29. The summed E-state index contributed by atoms with van der Waals surface area (Å²) in [7, 11) is 0.103. The van der Waals surface area contributed by atoms with Crippen LogP contribution in [0.2, 0.25) is 19.6 Å². The van der Waals surface area contributed by atoms with Crippen LogP contribution in [0.1, 0.15) is 10.5 Å². The highest BCUT2D eigenvalue weighted by molar-refractivity contribution is 6.88. The Morgan fingerprint density at radius 3 is 2.19 bits per heavy atom. The smallest absolute Gasteiger partial charge is 0.360 e. The van der Waals surface area contributed by atoms with E-state index in [1.807, 2.05) is 19.6 Å². The highest BCUT2D eigenvalue weighted by atomic mass is 28.3. The van der Waals surface area contributed by atoms with Gasteiger partial charge in [0.1, 0.15) is 11.4 Å². The number of hydrogen-bond acceptors (Lipinski definition) is 5. The lowest BCUT2D eigenvalue weighted by Gasteiger charge is -2.19. The van der Waals surface area contributed by atoms with Gasteiger partial charge in [0.25, 0.3) is 0 Å². The van der Waals surface area contributed by atoms with Crippen molar-refractivity contribution < 1.29 is 27.4 Å². The van der Waals surface area contributed by atoms with Crippen LogP contribution in [0.4, 0.5) is 18.9 Å². The van der Waals surface area contributed by atoms with Crippen LogP contribution in [0.15, 0.2) is 12.1 Å². The second kappa shape index (κ2) is 6.98. The molecule has 2 N–H and O–H groups in total. The van der Waals surface area contributed by atoms with Gasteiger partial charge in [0.15, 0.2) is 28.9 Å². The molecule has 0 aliphatic carbocycles. The Morgan fingerprint density at radius 1 is 1.08 bits per heavy atom. The molecular weight excluding hydrogens is 365 g/mol. The third kappa shape index (κ3) is 3.26. The number of anilines is 1. The summed E-state index contributed by atoms with van der Waals surface area (Å²) < 4.78 is 53.2. The normalized spacial score (nSPS) is 11.4. The summed E-state index contributed by atoms with van der Waals surface area (Å²) in [5, 5.41) is 0.258. The number of nitrogens with two attached hydrogens (primary N) is 1. The summed E-state index contributed by atoms with van der Waals surface area (Å²) in [5.41, 5.74) is 3.64. The molecule has 26 heavy (non-hydrogen) atoms. The van der Waals surface area contributed by atoms with E-state index in [9.17, 15) is 18.0 Å². The van der Waals surface area contributed by atoms with E-state index in [4.69, 9.17) is 10.5 Å². The van der Waals surface area contributed by atoms with E-state index >= 15 is 0 Å². The Balaban J connectivity index is 2.79. The third-order valence-corrected chi connectivity index (χ3v) is 5.86. The lowest BCUT2D eigenvalue weighted by Crippen LogP contribution is -2.40. The molecule has 0 atom stereocenters. The fourth-order valence-electron chi connectivity index (χ4n) is 2.50. The lowest BCUT2D eigenvalue weighted by molar-refractivity contribution is 0.0590. The van der Waals surface area contributed by atoms with E-state index < -0.39 is 54.1 Å². The zero-order valence-electron chi connectivity index (χ0n) is 15.0. The number of rotatable bonds is 4. The Kier molecular flexibility index (Phi) is 5.31. The van der Waals surface area contributed by atoms with Gasteiger partial charge in [-0.3, -0.25) is 0 Å². The molecule has 9 heteroatoms. The van der Waals surface area contributed by atoms with Crippen LogP contribution in [0.3, 0.4) is 0 Å². The molecule has 140 valence electrons. The summed E-state index contributed by atoms with van der Waals surface area (Å²) in [5.74, 6) is -4.71. The van der Waals surface area contributed by atoms with Crippen LogP contribution in [-0.2, 0) is 4.74 Å². The number of carbonyl (C=O) groups excluding carboxylic acids is 1. The van der Waals surface area contributed by atoms with Gasteiger partial charge in [0.05, 0.1) is 22.3 Å². The van der Waals surface area contributed by atoms with Gasteiger partial charge >= 0.3 is 5.97 Å². The Hall–Kier alpha value is -2.55. The maximum Gasteiger partial charge on any atom is 0.360 e. The van der Waals surface area contributed by atoms with E-state index in [0.29, 0.717) is 0 Å². The van der Waals surface area contributed by atoms with E-state index in [0.717, 1.165) is 7.11 Å². The molecule has 5 nitrogen and oxygen atoms in total. The standard InChI is InChI=1S/C17H19F3N2O3Si/c1-24-16-13(21)12(20)14(22-15(16)17(23)25-2)8-6-7-9(26(3,4)5)11(19)10(8)18/h6-7H,1-5H3,(H2,21,22). The number of aromatic nitrogens is 1. The molecule has 0 aliphatic rings. The lowest BCUT2D eigenvalue weighted by atomic mass is 10.1. The number of nitrogen functional groups attached to an aromatic ring is 1. The first-order valence-corrected chi connectivity index (χ1v) is 11.1. The van der Waals surface area contributed by atoms with Gasteiger partial charge in [-0.2, -0.15) is 0 Å². The monoisotopic (exact) mass is 384 g/mol. The second-order valence-corrected chi connectivity index (χ2v) is 11.6. The van der Waals surface area contributed by atoms with Crippen molar-refractivity contribution in [3.05, 3.63) is 35.3 Å². The van der Waals surface area contributed by atoms with Crippen LogP contribution in [0.5, 0.6) is 5.75 Å². The van der Waals surface area contributed by atoms with Crippen molar-refractivity contribution in [1.29, 1.82) is 0 Å². The molecule has 0 saturated heterocycles.